The van der Waals surface area contributed by atoms with Crippen LogP contribution in [0.15, 0.2) is 48.7 Å². The van der Waals surface area contributed by atoms with Crippen LogP contribution >= 0.6 is 0 Å². The largest absolute Gasteiger partial charge is 0.385 e. The Balaban J connectivity index is 1.82. The van der Waals surface area contributed by atoms with E-state index in [0.29, 0.717) is 0 Å². The molecule has 2 aromatic rings. The zero-order chi connectivity index (χ0) is 12.8. The summed E-state index contributed by atoms with van der Waals surface area (Å²) < 4.78 is 0. The average molecular weight is 241 g/mol. The Labute approximate surface area is 108 Å². The van der Waals surface area contributed by atoms with Crippen LogP contribution in [0.5, 0.6) is 0 Å². The third-order valence-electron chi connectivity index (χ3n) is 2.91. The monoisotopic (exact) mass is 241 g/mol. The molecule has 3 nitrogen and oxygen atoms in total. The Morgan fingerprint density at radius 3 is 2.72 bits per heavy atom. The predicted molar refractivity (Wildman–Crippen MR) is 75.5 cm³/mol. The fraction of sp³-hybridized carbons (Fsp3) is 0.267. The van der Waals surface area contributed by atoms with Gasteiger partial charge in [-0.3, -0.25) is 4.98 Å². The van der Waals surface area contributed by atoms with Gasteiger partial charge in [-0.2, -0.15) is 0 Å². The van der Waals surface area contributed by atoms with Crippen molar-refractivity contribution < 1.29 is 0 Å². The SMILES string of the molecule is Cc1cc(NCCC(N)c2ccccc2)ccn1. The normalized spacial score (nSPS) is 12.1. The second kappa shape index (κ2) is 6.17. The molecule has 0 fully saturated rings. The summed E-state index contributed by atoms with van der Waals surface area (Å²) in [5.41, 5.74) is 9.44. The van der Waals surface area contributed by atoms with E-state index in [1.807, 2.05) is 43.5 Å². The summed E-state index contributed by atoms with van der Waals surface area (Å²) in [7, 11) is 0. The zero-order valence-corrected chi connectivity index (χ0v) is 10.6. The number of nitrogens with one attached hydrogen (secondary N) is 1. The van der Waals surface area contributed by atoms with Crippen LogP contribution in [0.4, 0.5) is 5.69 Å². The molecule has 0 saturated carbocycles. The lowest BCUT2D eigenvalue weighted by molar-refractivity contribution is 0.675. The number of pyridine rings is 1. The van der Waals surface area contributed by atoms with Crippen LogP contribution in [0.1, 0.15) is 23.7 Å². The molecule has 0 amide bonds. The lowest BCUT2D eigenvalue weighted by atomic mass is 10.1. The molecule has 0 aliphatic carbocycles. The van der Waals surface area contributed by atoms with Crippen LogP contribution in [0, 0.1) is 6.92 Å². The lowest BCUT2D eigenvalue weighted by Crippen LogP contribution is -2.15. The molecule has 1 atom stereocenters. The van der Waals surface area contributed by atoms with E-state index in [0.717, 1.165) is 24.3 Å². The maximum Gasteiger partial charge on any atom is 0.0393 e. The molecule has 0 spiro atoms. The molecule has 1 aromatic carbocycles. The van der Waals surface area contributed by atoms with Crippen LogP contribution in [0.3, 0.4) is 0 Å². The van der Waals surface area contributed by atoms with Crippen molar-refractivity contribution in [1.29, 1.82) is 0 Å². The Kier molecular flexibility index (Phi) is 4.31. The highest BCUT2D eigenvalue weighted by Gasteiger charge is 2.04. The van der Waals surface area contributed by atoms with Crippen molar-refractivity contribution >= 4 is 5.69 Å². The van der Waals surface area contributed by atoms with Crippen LogP contribution in [-0.4, -0.2) is 11.5 Å². The van der Waals surface area contributed by atoms with Gasteiger partial charge in [-0.1, -0.05) is 30.3 Å². The van der Waals surface area contributed by atoms with Crippen LogP contribution in [0.2, 0.25) is 0 Å². The van der Waals surface area contributed by atoms with E-state index in [1.165, 1.54) is 5.56 Å². The zero-order valence-electron chi connectivity index (χ0n) is 10.6. The lowest BCUT2D eigenvalue weighted by Gasteiger charge is -2.13. The number of hydrogen-bond donors (Lipinski definition) is 2. The first-order valence-electron chi connectivity index (χ1n) is 6.23. The predicted octanol–water partition coefficient (Wildman–Crippen LogP) is 2.89. The van der Waals surface area contributed by atoms with E-state index in [2.05, 4.69) is 22.4 Å². The third-order valence-corrected chi connectivity index (χ3v) is 2.91. The molecule has 3 heteroatoms. The Morgan fingerprint density at radius 2 is 2.00 bits per heavy atom. The molecule has 0 saturated heterocycles. The summed E-state index contributed by atoms with van der Waals surface area (Å²) >= 11 is 0. The minimum Gasteiger partial charge on any atom is -0.385 e. The molecule has 1 aromatic heterocycles. The summed E-state index contributed by atoms with van der Waals surface area (Å²) in [5.74, 6) is 0. The van der Waals surface area contributed by atoms with Gasteiger partial charge in [0.15, 0.2) is 0 Å². The van der Waals surface area contributed by atoms with E-state index < -0.39 is 0 Å². The Hall–Kier alpha value is -1.87. The Bertz CT molecular complexity index is 482. The summed E-state index contributed by atoms with van der Waals surface area (Å²) in [6.07, 6.45) is 2.72. The number of anilines is 1. The summed E-state index contributed by atoms with van der Waals surface area (Å²) in [5, 5.41) is 3.37. The van der Waals surface area contributed by atoms with E-state index in [-0.39, 0.29) is 6.04 Å². The molecule has 18 heavy (non-hydrogen) atoms. The van der Waals surface area contributed by atoms with Crippen LogP contribution < -0.4 is 11.1 Å². The molecule has 0 aliphatic rings. The minimum absolute atomic E-state index is 0.0848. The quantitative estimate of drug-likeness (QED) is 0.846. The van der Waals surface area contributed by atoms with E-state index in [4.69, 9.17) is 5.73 Å². The summed E-state index contributed by atoms with van der Waals surface area (Å²) in [4.78, 5) is 4.17. The molecule has 1 unspecified atom stereocenters. The molecule has 94 valence electrons. The van der Waals surface area contributed by atoms with Gasteiger partial charge < -0.3 is 11.1 Å². The molecule has 0 aliphatic heterocycles. The third kappa shape index (κ3) is 3.57. The van der Waals surface area contributed by atoms with Crippen LogP contribution in [0.25, 0.3) is 0 Å². The number of aryl methyl sites for hydroxylation is 1. The second-order valence-corrected chi connectivity index (χ2v) is 4.42. The van der Waals surface area contributed by atoms with Gasteiger partial charge in [0.1, 0.15) is 0 Å². The van der Waals surface area contributed by atoms with E-state index >= 15 is 0 Å². The molecule has 3 N–H and O–H groups in total. The van der Waals surface area contributed by atoms with Crippen molar-refractivity contribution in [3.05, 3.63) is 59.9 Å². The standard InChI is InChI=1S/C15H19N3/c1-12-11-14(7-9-17-12)18-10-8-15(16)13-5-3-2-4-6-13/h2-7,9,11,15H,8,10,16H2,1H3,(H,17,18). The van der Waals surface area contributed by atoms with Gasteiger partial charge in [0, 0.05) is 30.2 Å². The Morgan fingerprint density at radius 1 is 1.22 bits per heavy atom. The first kappa shape index (κ1) is 12.6. The van der Waals surface area contributed by atoms with E-state index in [1.54, 1.807) is 0 Å². The molecular weight excluding hydrogens is 222 g/mol. The molecule has 1 heterocycles. The van der Waals surface area contributed by atoms with Gasteiger partial charge in [0.05, 0.1) is 0 Å². The average Bonchev–Trinajstić information content (AvgIpc) is 2.40. The van der Waals surface area contributed by atoms with Crippen molar-refractivity contribution in [2.24, 2.45) is 5.73 Å². The number of nitrogens with zero attached hydrogens (tertiary/aromatic N) is 1. The summed E-state index contributed by atoms with van der Waals surface area (Å²) in [6.45, 7) is 2.85. The molecule has 0 radical (unpaired) electrons. The molecular formula is C15H19N3. The number of aromatic nitrogens is 1. The number of nitrogens with two attached hydrogens (primary N) is 1. The van der Waals surface area contributed by atoms with Crippen molar-refractivity contribution in [1.82, 2.24) is 4.98 Å². The van der Waals surface area contributed by atoms with Crippen molar-refractivity contribution in [3.63, 3.8) is 0 Å². The van der Waals surface area contributed by atoms with Gasteiger partial charge in [0.25, 0.3) is 0 Å². The highest BCUT2D eigenvalue weighted by Crippen LogP contribution is 2.14. The fourth-order valence-electron chi connectivity index (χ4n) is 1.89. The minimum atomic E-state index is 0.0848. The van der Waals surface area contributed by atoms with Crippen LogP contribution in [-0.2, 0) is 0 Å². The van der Waals surface area contributed by atoms with Gasteiger partial charge in [-0.15, -0.1) is 0 Å². The number of rotatable bonds is 5. The topological polar surface area (TPSA) is 50.9 Å². The maximum atomic E-state index is 6.14. The maximum absolute atomic E-state index is 6.14. The van der Waals surface area contributed by atoms with Crippen molar-refractivity contribution in [2.45, 2.75) is 19.4 Å². The number of benzene rings is 1. The van der Waals surface area contributed by atoms with Gasteiger partial charge in [0.2, 0.25) is 0 Å². The van der Waals surface area contributed by atoms with Gasteiger partial charge in [-0.05, 0) is 31.0 Å². The first-order valence-corrected chi connectivity index (χ1v) is 6.23. The first-order chi connectivity index (χ1) is 8.75. The summed E-state index contributed by atoms with van der Waals surface area (Å²) in [6, 6.07) is 14.3. The number of hydrogen-bond acceptors (Lipinski definition) is 3. The van der Waals surface area contributed by atoms with Gasteiger partial charge >= 0.3 is 0 Å². The highest BCUT2D eigenvalue weighted by atomic mass is 14.9. The smallest absolute Gasteiger partial charge is 0.0393 e. The second-order valence-electron chi connectivity index (χ2n) is 4.42. The molecule has 2 rings (SSSR count). The van der Waals surface area contributed by atoms with E-state index in [9.17, 15) is 0 Å². The molecule has 0 bridgehead atoms. The van der Waals surface area contributed by atoms with Crippen molar-refractivity contribution in [2.75, 3.05) is 11.9 Å². The van der Waals surface area contributed by atoms with Crippen molar-refractivity contribution in [3.8, 4) is 0 Å². The van der Waals surface area contributed by atoms with Gasteiger partial charge in [-0.25, -0.2) is 0 Å². The fourth-order valence-corrected chi connectivity index (χ4v) is 1.89. The highest BCUT2D eigenvalue weighted by molar-refractivity contribution is 5.42.